The third-order valence-corrected chi connectivity index (χ3v) is 14.7. The van der Waals surface area contributed by atoms with Gasteiger partial charge in [-0.3, -0.25) is 9.97 Å². The summed E-state index contributed by atoms with van der Waals surface area (Å²) in [5.41, 5.74) is 19.6. The first kappa shape index (κ1) is 39.3. The van der Waals surface area contributed by atoms with Gasteiger partial charge in [-0.15, -0.1) is 0 Å². The van der Waals surface area contributed by atoms with E-state index < -0.39 is 0 Å². The van der Waals surface area contributed by atoms with Crippen molar-refractivity contribution >= 4 is 65.2 Å². The average Bonchev–Trinajstić information content (AvgIpc) is 3.65. The van der Waals surface area contributed by atoms with E-state index in [4.69, 9.17) is 19.9 Å². The maximum absolute atomic E-state index is 5.33. The molecule has 0 aliphatic heterocycles. The van der Waals surface area contributed by atoms with Crippen molar-refractivity contribution in [2.45, 2.75) is 19.3 Å². The van der Waals surface area contributed by atoms with Crippen LogP contribution in [0.4, 0.5) is 0 Å². The van der Waals surface area contributed by atoms with E-state index in [1.165, 1.54) is 66.1 Å². The van der Waals surface area contributed by atoms with Crippen LogP contribution < -0.4 is 0 Å². The van der Waals surface area contributed by atoms with Crippen LogP contribution in [-0.2, 0) is 5.41 Å². The van der Waals surface area contributed by atoms with Crippen LogP contribution in [0.2, 0.25) is 0 Å². The first-order valence-electron chi connectivity index (χ1n) is 23.7. The van der Waals surface area contributed by atoms with Crippen LogP contribution in [0.3, 0.4) is 0 Å². The largest absolute Gasteiger partial charge is 0.252 e. The van der Waals surface area contributed by atoms with Gasteiger partial charge in [0.15, 0.2) is 0 Å². The summed E-state index contributed by atoms with van der Waals surface area (Å²) < 4.78 is 0. The summed E-state index contributed by atoms with van der Waals surface area (Å²) in [5, 5.41) is 9.29. The third-order valence-electron chi connectivity index (χ3n) is 14.7. The molecule has 4 heteroatoms. The number of aromatic nitrogens is 4. The summed E-state index contributed by atoms with van der Waals surface area (Å²) in [7, 11) is 0. The highest BCUT2D eigenvalue weighted by Crippen LogP contribution is 2.51. The van der Waals surface area contributed by atoms with E-state index in [0.717, 1.165) is 77.3 Å². The van der Waals surface area contributed by atoms with Crippen LogP contribution in [0.15, 0.2) is 219 Å². The average molecular weight is 879 g/mol. The number of nitrogens with zero attached hydrogens (tertiary/aromatic N) is 4. The van der Waals surface area contributed by atoms with Crippen molar-refractivity contribution in [3.63, 3.8) is 0 Å². The highest BCUT2D eigenvalue weighted by atomic mass is 14.8. The van der Waals surface area contributed by atoms with Crippen molar-refractivity contribution in [2.24, 2.45) is 0 Å². The number of fused-ring (bicyclic) bond motifs is 15. The fourth-order valence-corrected chi connectivity index (χ4v) is 11.2. The first-order chi connectivity index (χ1) is 33.9. The molecule has 0 fully saturated rings. The molecule has 4 nitrogen and oxygen atoms in total. The zero-order valence-electron chi connectivity index (χ0n) is 38.1. The van der Waals surface area contributed by atoms with E-state index in [1.807, 2.05) is 12.4 Å². The fraction of sp³-hybridized carbons (Fsp3) is 0.0462. The summed E-state index contributed by atoms with van der Waals surface area (Å²) >= 11 is 0. The van der Waals surface area contributed by atoms with Crippen molar-refractivity contribution in [1.29, 1.82) is 0 Å². The molecule has 0 spiro atoms. The van der Waals surface area contributed by atoms with E-state index in [9.17, 15) is 0 Å². The maximum atomic E-state index is 5.33. The van der Waals surface area contributed by atoms with Gasteiger partial charge in [0.25, 0.3) is 0 Å². The number of hydrogen-bond acceptors (Lipinski definition) is 4. The first-order valence-corrected chi connectivity index (χ1v) is 23.7. The summed E-state index contributed by atoms with van der Waals surface area (Å²) in [6, 6.07) is 74.4. The zero-order valence-corrected chi connectivity index (χ0v) is 38.1. The Kier molecular flexibility index (Phi) is 8.59. The van der Waals surface area contributed by atoms with Crippen molar-refractivity contribution in [2.75, 3.05) is 0 Å². The Morgan fingerprint density at radius 2 is 0.580 bits per heavy atom. The molecule has 2 heterocycles. The molecule has 0 atom stereocenters. The van der Waals surface area contributed by atoms with E-state index >= 15 is 0 Å². The maximum Gasteiger partial charge on any atom is 0.0979 e. The summed E-state index contributed by atoms with van der Waals surface area (Å²) in [5.74, 6) is 0. The SMILES string of the molecule is CC1(C)c2cc(-c3cccc(-c4cccc(-c5cccc(-c6cnc7c8ccccc8c8ccccc8c7n6)c5)c4)c3)ccc2-c2ccc(-c3cnc4c5ccccc5c5ccccc5c4n3)cc21. The lowest BCUT2D eigenvalue weighted by Crippen LogP contribution is -2.15. The highest BCUT2D eigenvalue weighted by Gasteiger charge is 2.36. The topological polar surface area (TPSA) is 51.6 Å². The molecule has 0 amide bonds. The van der Waals surface area contributed by atoms with Crippen LogP contribution >= 0.6 is 0 Å². The number of benzene rings is 11. The van der Waals surface area contributed by atoms with E-state index in [2.05, 4.69) is 220 Å². The van der Waals surface area contributed by atoms with Gasteiger partial charge in [0.05, 0.1) is 45.8 Å². The van der Waals surface area contributed by atoms with Crippen LogP contribution in [0, 0.1) is 0 Å². The van der Waals surface area contributed by atoms with Crippen molar-refractivity contribution in [3.05, 3.63) is 230 Å². The molecule has 1 aliphatic carbocycles. The molecule has 0 saturated carbocycles. The summed E-state index contributed by atoms with van der Waals surface area (Å²) in [4.78, 5) is 20.7. The van der Waals surface area contributed by atoms with Crippen molar-refractivity contribution in [1.82, 2.24) is 19.9 Å². The van der Waals surface area contributed by atoms with Crippen LogP contribution in [0.1, 0.15) is 25.0 Å². The smallest absolute Gasteiger partial charge is 0.0979 e. The van der Waals surface area contributed by atoms with Gasteiger partial charge in [0.2, 0.25) is 0 Å². The molecule has 0 unspecified atom stereocenters. The predicted molar refractivity (Wildman–Crippen MR) is 287 cm³/mol. The summed E-state index contributed by atoms with van der Waals surface area (Å²) in [6.45, 7) is 4.70. The van der Waals surface area contributed by atoms with Gasteiger partial charge in [0, 0.05) is 38.1 Å². The third kappa shape index (κ3) is 6.15. The van der Waals surface area contributed by atoms with E-state index in [-0.39, 0.29) is 5.41 Å². The second-order valence-corrected chi connectivity index (χ2v) is 19.0. The van der Waals surface area contributed by atoms with Gasteiger partial charge < -0.3 is 0 Å². The molecule has 11 aromatic carbocycles. The quantitative estimate of drug-likeness (QED) is 0.162. The molecule has 0 saturated heterocycles. The molecular weight excluding hydrogens is 837 g/mol. The van der Waals surface area contributed by atoms with Gasteiger partial charge >= 0.3 is 0 Å². The second-order valence-electron chi connectivity index (χ2n) is 19.0. The van der Waals surface area contributed by atoms with Crippen molar-refractivity contribution < 1.29 is 0 Å². The Balaban J connectivity index is 0.773. The van der Waals surface area contributed by atoms with Gasteiger partial charge in [0.1, 0.15) is 0 Å². The van der Waals surface area contributed by atoms with Gasteiger partial charge in [-0.25, -0.2) is 9.97 Å². The lowest BCUT2D eigenvalue weighted by molar-refractivity contribution is 0.661. The Morgan fingerprint density at radius 3 is 1.00 bits per heavy atom. The predicted octanol–water partition coefficient (Wildman–Crippen LogP) is 16.8. The van der Waals surface area contributed by atoms with Crippen LogP contribution in [-0.4, -0.2) is 19.9 Å². The van der Waals surface area contributed by atoms with Gasteiger partial charge in [-0.2, -0.15) is 0 Å². The molecule has 1 aliphatic rings. The minimum absolute atomic E-state index is 0.217. The monoisotopic (exact) mass is 878 g/mol. The van der Waals surface area contributed by atoms with Gasteiger partial charge in [-0.05, 0) is 108 Å². The summed E-state index contributed by atoms with van der Waals surface area (Å²) in [6.07, 6.45) is 3.87. The molecule has 0 N–H and O–H groups in total. The molecule has 2 aromatic heterocycles. The number of hydrogen-bond donors (Lipinski definition) is 0. The lowest BCUT2D eigenvalue weighted by Gasteiger charge is -2.22. The normalized spacial score (nSPS) is 12.9. The standard InChI is InChI=1S/C65H42N4/c1-65(2)57-35-44(28-30-51(57)52-31-29-46(36-58(52)65)60-38-67-62-54-25-8-4-21-48(54)50-23-6-10-27-56(50)64(62)69-60)42-17-12-15-40(33-42)39-14-11-16-41(32-39)43-18-13-19-45(34-43)59-37-66-61-53-24-7-3-20-47(53)49-22-5-9-26-55(49)63(61)68-59/h3-38H,1-2H3. The molecule has 14 rings (SSSR count). The van der Waals surface area contributed by atoms with Gasteiger partial charge in [-0.1, -0.05) is 190 Å². The van der Waals surface area contributed by atoms with Crippen LogP contribution in [0.25, 0.3) is 132 Å². The zero-order chi connectivity index (χ0) is 45.8. The Morgan fingerprint density at radius 1 is 0.275 bits per heavy atom. The Labute approximate surface area is 399 Å². The second kappa shape index (κ2) is 15.1. The molecule has 69 heavy (non-hydrogen) atoms. The lowest BCUT2D eigenvalue weighted by atomic mass is 9.81. The molecule has 13 aromatic rings. The number of rotatable bonds is 5. The van der Waals surface area contributed by atoms with Crippen molar-refractivity contribution in [3.8, 4) is 67.0 Å². The Hall–Kier alpha value is -8.86. The van der Waals surface area contributed by atoms with Crippen LogP contribution in [0.5, 0.6) is 0 Å². The molecule has 0 radical (unpaired) electrons. The van der Waals surface area contributed by atoms with E-state index in [0.29, 0.717) is 0 Å². The molecular formula is C65H42N4. The van der Waals surface area contributed by atoms with E-state index in [1.54, 1.807) is 0 Å². The molecule has 322 valence electrons. The Bertz CT molecular complexity index is 4230. The fourth-order valence-electron chi connectivity index (χ4n) is 11.2. The minimum atomic E-state index is -0.217. The highest BCUT2D eigenvalue weighted by molar-refractivity contribution is 6.24. The minimum Gasteiger partial charge on any atom is -0.252 e. The molecule has 0 bridgehead atoms.